The molecule has 2 N–H and O–H groups in total. The smallest absolute Gasteiger partial charge is 0.251 e. The highest BCUT2D eigenvalue weighted by Gasteiger charge is 2.27. The highest BCUT2D eigenvalue weighted by molar-refractivity contribution is 5.96. The zero-order valence-corrected chi connectivity index (χ0v) is 11.2. The molecule has 2 heterocycles. The summed E-state index contributed by atoms with van der Waals surface area (Å²) in [6, 6.07) is 6.40. The monoisotopic (exact) mass is 260 g/mol. The van der Waals surface area contributed by atoms with Crippen molar-refractivity contribution in [1.82, 2.24) is 10.6 Å². The van der Waals surface area contributed by atoms with Gasteiger partial charge in [0.2, 0.25) is 0 Å². The van der Waals surface area contributed by atoms with Gasteiger partial charge in [-0.3, -0.25) is 4.79 Å². The van der Waals surface area contributed by atoms with Crippen molar-refractivity contribution < 1.29 is 9.53 Å². The van der Waals surface area contributed by atoms with Gasteiger partial charge in [-0.2, -0.15) is 0 Å². The molecular formula is C15H20N2O2. The summed E-state index contributed by atoms with van der Waals surface area (Å²) in [6.07, 6.45) is 3.34. The average Bonchev–Trinajstić information content (AvgIpc) is 2.94. The number of ether oxygens (including phenoxy) is 1. The van der Waals surface area contributed by atoms with Crippen LogP contribution < -0.4 is 10.6 Å². The van der Waals surface area contributed by atoms with E-state index >= 15 is 0 Å². The summed E-state index contributed by atoms with van der Waals surface area (Å²) in [7, 11) is 1.95. The third-order valence-corrected chi connectivity index (χ3v) is 4.07. The highest BCUT2D eigenvalue weighted by Crippen LogP contribution is 2.28. The van der Waals surface area contributed by atoms with Crippen molar-refractivity contribution in [3.05, 3.63) is 34.9 Å². The molecule has 0 radical (unpaired) electrons. The van der Waals surface area contributed by atoms with E-state index < -0.39 is 0 Å². The van der Waals surface area contributed by atoms with E-state index in [1.54, 1.807) is 0 Å². The van der Waals surface area contributed by atoms with Crippen LogP contribution in [0.2, 0.25) is 0 Å². The van der Waals surface area contributed by atoms with Gasteiger partial charge in [0.15, 0.2) is 0 Å². The van der Waals surface area contributed by atoms with Gasteiger partial charge in [-0.05, 0) is 43.5 Å². The molecule has 3 rings (SSSR count). The first-order valence-corrected chi connectivity index (χ1v) is 6.99. The molecule has 1 fully saturated rings. The number of fused-ring (bicyclic) bond motifs is 1. The first kappa shape index (κ1) is 12.6. The average molecular weight is 260 g/mol. The van der Waals surface area contributed by atoms with Crippen LogP contribution in [0.1, 0.15) is 40.4 Å². The fourth-order valence-electron chi connectivity index (χ4n) is 3.06. The number of nitrogens with one attached hydrogen (secondary N) is 2. The predicted octanol–water partition coefficient (Wildman–Crippen LogP) is 1.41. The molecule has 4 nitrogen and oxygen atoms in total. The summed E-state index contributed by atoms with van der Waals surface area (Å²) >= 11 is 0. The van der Waals surface area contributed by atoms with Gasteiger partial charge in [0.05, 0.1) is 12.1 Å². The molecule has 0 aromatic heterocycles. The lowest BCUT2D eigenvalue weighted by molar-refractivity contribution is 0.0806. The van der Waals surface area contributed by atoms with Gasteiger partial charge < -0.3 is 15.4 Å². The van der Waals surface area contributed by atoms with Gasteiger partial charge in [0, 0.05) is 18.7 Å². The molecular weight excluding hydrogens is 240 g/mol. The van der Waals surface area contributed by atoms with Crippen molar-refractivity contribution in [2.45, 2.75) is 31.4 Å². The summed E-state index contributed by atoms with van der Waals surface area (Å²) in [5.41, 5.74) is 3.11. The molecule has 1 saturated heterocycles. The minimum Gasteiger partial charge on any atom is -0.376 e. The summed E-state index contributed by atoms with van der Waals surface area (Å²) in [4.78, 5) is 11.9. The van der Waals surface area contributed by atoms with E-state index in [0.717, 1.165) is 49.1 Å². The van der Waals surface area contributed by atoms with Gasteiger partial charge in [-0.25, -0.2) is 0 Å². The SMILES string of the molecule is CNC(c1ccc2c(c1)C(=O)NCC2)C1CCCO1. The van der Waals surface area contributed by atoms with E-state index in [1.807, 2.05) is 13.1 Å². The fraction of sp³-hybridized carbons (Fsp3) is 0.533. The molecule has 2 aliphatic rings. The zero-order chi connectivity index (χ0) is 13.2. The van der Waals surface area contributed by atoms with Gasteiger partial charge >= 0.3 is 0 Å². The maximum Gasteiger partial charge on any atom is 0.251 e. The van der Waals surface area contributed by atoms with Crippen molar-refractivity contribution >= 4 is 5.91 Å². The second kappa shape index (κ2) is 5.31. The van der Waals surface area contributed by atoms with Crippen LogP contribution in [-0.4, -0.2) is 32.2 Å². The summed E-state index contributed by atoms with van der Waals surface area (Å²) in [6.45, 7) is 1.58. The van der Waals surface area contributed by atoms with E-state index in [1.165, 1.54) is 0 Å². The summed E-state index contributed by atoms with van der Waals surface area (Å²) < 4.78 is 5.77. The van der Waals surface area contributed by atoms with Crippen LogP contribution in [0.25, 0.3) is 0 Å². The summed E-state index contributed by atoms with van der Waals surface area (Å²) in [5.74, 6) is 0.0466. The Morgan fingerprint density at radius 1 is 1.47 bits per heavy atom. The van der Waals surface area contributed by atoms with Crippen molar-refractivity contribution in [1.29, 1.82) is 0 Å². The van der Waals surface area contributed by atoms with Crippen molar-refractivity contribution in [2.75, 3.05) is 20.2 Å². The first-order valence-electron chi connectivity index (χ1n) is 6.99. The largest absolute Gasteiger partial charge is 0.376 e. The third kappa shape index (κ3) is 2.38. The third-order valence-electron chi connectivity index (χ3n) is 4.07. The number of benzene rings is 1. The van der Waals surface area contributed by atoms with Gasteiger partial charge in [-0.15, -0.1) is 0 Å². The number of hydrogen-bond acceptors (Lipinski definition) is 3. The van der Waals surface area contributed by atoms with Crippen molar-refractivity contribution in [3.8, 4) is 0 Å². The minimum absolute atomic E-state index is 0.0466. The molecule has 19 heavy (non-hydrogen) atoms. The quantitative estimate of drug-likeness (QED) is 0.864. The van der Waals surface area contributed by atoms with Gasteiger partial charge in [0.1, 0.15) is 0 Å². The molecule has 0 saturated carbocycles. The molecule has 102 valence electrons. The Balaban J connectivity index is 1.91. The Bertz CT molecular complexity index is 481. The van der Waals surface area contributed by atoms with Crippen LogP contribution >= 0.6 is 0 Å². The van der Waals surface area contributed by atoms with Crippen molar-refractivity contribution in [2.24, 2.45) is 0 Å². The minimum atomic E-state index is 0.0466. The number of carbonyl (C=O) groups is 1. The topological polar surface area (TPSA) is 50.4 Å². The number of rotatable bonds is 3. The summed E-state index contributed by atoms with van der Waals surface area (Å²) in [5, 5.41) is 6.23. The van der Waals surface area contributed by atoms with Crippen molar-refractivity contribution in [3.63, 3.8) is 0 Å². The second-order valence-corrected chi connectivity index (χ2v) is 5.24. The lowest BCUT2D eigenvalue weighted by atomic mass is 9.92. The van der Waals surface area contributed by atoms with E-state index in [-0.39, 0.29) is 18.1 Å². The molecule has 1 aromatic rings. The molecule has 0 aliphatic carbocycles. The van der Waals surface area contributed by atoms with Crippen LogP contribution in [0.4, 0.5) is 0 Å². The van der Waals surface area contributed by atoms with Crippen LogP contribution in [0.15, 0.2) is 18.2 Å². The van der Waals surface area contributed by atoms with Crippen LogP contribution in [0.3, 0.4) is 0 Å². The highest BCUT2D eigenvalue weighted by atomic mass is 16.5. The van der Waals surface area contributed by atoms with Gasteiger partial charge in [-0.1, -0.05) is 12.1 Å². The Hall–Kier alpha value is -1.39. The fourth-order valence-corrected chi connectivity index (χ4v) is 3.06. The number of likely N-dealkylation sites (N-methyl/N-ethyl adjacent to an activating group) is 1. The van der Waals surface area contributed by atoms with Crippen LogP contribution in [0.5, 0.6) is 0 Å². The standard InChI is InChI=1S/C15H20N2O2/c1-16-14(13-3-2-8-19-13)11-5-4-10-6-7-17-15(18)12(10)9-11/h4-5,9,13-14,16H,2-3,6-8H2,1H3,(H,17,18). The molecule has 1 amide bonds. The Labute approximate surface area is 113 Å². The lowest BCUT2D eigenvalue weighted by Gasteiger charge is -2.25. The lowest BCUT2D eigenvalue weighted by Crippen LogP contribution is -2.33. The Morgan fingerprint density at radius 3 is 3.11 bits per heavy atom. The van der Waals surface area contributed by atoms with E-state index in [9.17, 15) is 4.79 Å². The first-order chi connectivity index (χ1) is 9.29. The molecule has 2 unspecified atom stereocenters. The normalized spacial score (nSPS) is 23.8. The number of hydrogen-bond donors (Lipinski definition) is 2. The zero-order valence-electron chi connectivity index (χ0n) is 11.2. The Kier molecular flexibility index (Phi) is 3.53. The number of carbonyl (C=O) groups excluding carboxylic acids is 1. The molecule has 4 heteroatoms. The van der Waals surface area contributed by atoms with E-state index in [2.05, 4.69) is 22.8 Å². The molecule has 0 spiro atoms. The maximum atomic E-state index is 11.9. The van der Waals surface area contributed by atoms with Crippen LogP contribution in [-0.2, 0) is 11.2 Å². The maximum absolute atomic E-state index is 11.9. The van der Waals surface area contributed by atoms with Gasteiger partial charge in [0.25, 0.3) is 5.91 Å². The molecule has 0 bridgehead atoms. The van der Waals surface area contributed by atoms with Crippen LogP contribution in [0, 0.1) is 0 Å². The molecule has 2 aliphatic heterocycles. The van der Waals surface area contributed by atoms with E-state index in [4.69, 9.17) is 4.74 Å². The predicted molar refractivity (Wildman–Crippen MR) is 73.3 cm³/mol. The molecule has 1 aromatic carbocycles. The molecule has 2 atom stereocenters. The number of amides is 1. The Morgan fingerprint density at radius 2 is 2.37 bits per heavy atom. The van der Waals surface area contributed by atoms with E-state index in [0.29, 0.717) is 0 Å². The second-order valence-electron chi connectivity index (χ2n) is 5.24.